The average molecular weight is 777 g/mol. The molecule has 58 heavy (non-hydrogen) atoms. The molecule has 3 heterocycles. The summed E-state index contributed by atoms with van der Waals surface area (Å²) in [6.45, 7) is 9.31. The highest BCUT2D eigenvalue weighted by Gasteiger charge is 2.19. The highest BCUT2D eigenvalue weighted by Crippen LogP contribution is 2.43. The summed E-state index contributed by atoms with van der Waals surface area (Å²) in [7, 11) is 0. The summed E-state index contributed by atoms with van der Waals surface area (Å²) in [5, 5.41) is 7.57. The number of benzene rings is 8. The van der Waals surface area contributed by atoms with Crippen LogP contribution in [0.2, 0.25) is 0 Å². The molecule has 8 aromatic carbocycles. The zero-order chi connectivity index (χ0) is 38.7. The first-order valence-corrected chi connectivity index (χ1v) is 21.1. The maximum absolute atomic E-state index is 4.72. The Kier molecular flexibility index (Phi) is 8.21. The predicted molar refractivity (Wildman–Crippen MR) is 254 cm³/mol. The first-order valence-electron chi connectivity index (χ1n) is 19.5. The molecule has 0 aliphatic carbocycles. The standard InChI is InChI=1S/C54H36N2S2/c1-35(41-19-12-24-51-53(41)45-17-7-10-22-49(45)57-51)26-27-36(2)55(39-30-28-37(29-31-39)42-20-13-25-52-54(42)46-18-8-11-23-50(46)58-52)40-32-33-44-43-16-6-9-21-47(43)56(48(44)34-40)38-14-4-3-5-15-38/h3-34H,1-2H2/b27-26-. The minimum Gasteiger partial charge on any atom is -0.311 e. The maximum atomic E-state index is 4.72. The monoisotopic (exact) mass is 776 g/mol. The van der Waals surface area contributed by atoms with Crippen LogP contribution in [-0.2, 0) is 0 Å². The van der Waals surface area contributed by atoms with Gasteiger partial charge in [0.2, 0.25) is 0 Å². The van der Waals surface area contributed by atoms with Crippen LogP contribution in [0.4, 0.5) is 11.4 Å². The van der Waals surface area contributed by atoms with E-state index in [9.17, 15) is 0 Å². The molecular formula is C54H36N2S2. The van der Waals surface area contributed by atoms with Crippen LogP contribution in [0.25, 0.3) is 84.5 Å². The molecule has 0 radical (unpaired) electrons. The Labute approximate surface area is 344 Å². The fourth-order valence-electron chi connectivity index (χ4n) is 8.64. The zero-order valence-electron chi connectivity index (χ0n) is 31.6. The highest BCUT2D eigenvalue weighted by molar-refractivity contribution is 7.26. The van der Waals surface area contributed by atoms with Crippen molar-refractivity contribution in [3.05, 3.63) is 219 Å². The Bertz CT molecular complexity index is 3430. The Morgan fingerprint density at radius 3 is 1.81 bits per heavy atom. The highest BCUT2D eigenvalue weighted by atomic mass is 32.1. The van der Waals surface area contributed by atoms with Gasteiger partial charge >= 0.3 is 0 Å². The van der Waals surface area contributed by atoms with Crippen LogP contribution in [0.1, 0.15) is 5.56 Å². The van der Waals surface area contributed by atoms with Gasteiger partial charge in [-0.2, -0.15) is 0 Å². The van der Waals surface area contributed by atoms with Gasteiger partial charge in [0, 0.05) is 73.9 Å². The van der Waals surface area contributed by atoms with Crippen LogP contribution in [0, 0.1) is 0 Å². The third-order valence-electron chi connectivity index (χ3n) is 11.3. The van der Waals surface area contributed by atoms with Crippen molar-refractivity contribution < 1.29 is 0 Å². The minimum atomic E-state index is 0.837. The number of nitrogens with zero attached hydrogens (tertiary/aromatic N) is 2. The van der Waals surface area contributed by atoms with Crippen LogP contribution >= 0.6 is 22.7 Å². The molecule has 0 unspecified atom stereocenters. The van der Waals surface area contributed by atoms with E-state index < -0.39 is 0 Å². The Morgan fingerprint density at radius 1 is 0.466 bits per heavy atom. The van der Waals surface area contributed by atoms with Gasteiger partial charge in [0.25, 0.3) is 0 Å². The van der Waals surface area contributed by atoms with Crippen LogP contribution in [0.3, 0.4) is 0 Å². The summed E-state index contributed by atoms with van der Waals surface area (Å²) in [5.74, 6) is 0. The summed E-state index contributed by atoms with van der Waals surface area (Å²) in [4.78, 5) is 2.27. The number of aromatic nitrogens is 1. The van der Waals surface area contributed by atoms with E-state index in [1.54, 1.807) is 0 Å². The van der Waals surface area contributed by atoms with Gasteiger partial charge in [-0.25, -0.2) is 0 Å². The fourth-order valence-corrected chi connectivity index (χ4v) is 10.9. The van der Waals surface area contributed by atoms with Crippen molar-refractivity contribution in [2.24, 2.45) is 0 Å². The molecule has 0 fully saturated rings. The zero-order valence-corrected chi connectivity index (χ0v) is 33.2. The largest absolute Gasteiger partial charge is 0.311 e. The molecule has 0 aliphatic rings. The molecule has 0 saturated heterocycles. The van der Waals surface area contributed by atoms with Crippen LogP contribution in [0.15, 0.2) is 213 Å². The number of hydrogen-bond donors (Lipinski definition) is 0. The molecule has 11 aromatic rings. The van der Waals surface area contributed by atoms with E-state index in [1.807, 2.05) is 22.7 Å². The second-order valence-corrected chi connectivity index (χ2v) is 16.8. The Hall–Kier alpha value is -6.98. The molecule has 0 N–H and O–H groups in total. The number of para-hydroxylation sites is 2. The van der Waals surface area contributed by atoms with Gasteiger partial charge in [-0.05, 0) is 95.1 Å². The lowest BCUT2D eigenvalue weighted by Gasteiger charge is -2.26. The van der Waals surface area contributed by atoms with Gasteiger partial charge in [-0.15, -0.1) is 22.7 Å². The lowest BCUT2D eigenvalue weighted by Crippen LogP contribution is -2.14. The van der Waals surface area contributed by atoms with E-state index in [0.717, 1.165) is 39.4 Å². The quantitative estimate of drug-likeness (QED) is 0.140. The minimum absolute atomic E-state index is 0.837. The molecule has 11 rings (SSSR count). The van der Waals surface area contributed by atoms with Crippen molar-refractivity contribution in [3.8, 4) is 16.8 Å². The van der Waals surface area contributed by atoms with E-state index in [0.29, 0.717) is 0 Å². The SMILES string of the molecule is C=C(/C=C\C(=C)N(c1ccc(-c2cccc3sc4ccccc4c23)cc1)c1ccc2c3ccccc3n(-c3ccccc3)c2c1)c1cccc2sc3ccccc3c12. The van der Waals surface area contributed by atoms with Crippen molar-refractivity contribution in [2.45, 2.75) is 0 Å². The average Bonchev–Trinajstić information content (AvgIpc) is 3.96. The van der Waals surface area contributed by atoms with Crippen molar-refractivity contribution in [3.63, 3.8) is 0 Å². The van der Waals surface area contributed by atoms with Gasteiger partial charge in [0.1, 0.15) is 0 Å². The van der Waals surface area contributed by atoms with Crippen molar-refractivity contribution in [1.29, 1.82) is 0 Å². The van der Waals surface area contributed by atoms with Gasteiger partial charge in [-0.1, -0.05) is 134 Å². The van der Waals surface area contributed by atoms with Crippen LogP contribution < -0.4 is 4.90 Å². The lowest BCUT2D eigenvalue weighted by atomic mass is 9.99. The van der Waals surface area contributed by atoms with Crippen LogP contribution in [-0.4, -0.2) is 4.57 Å². The van der Waals surface area contributed by atoms with Gasteiger partial charge in [0.05, 0.1) is 11.0 Å². The Morgan fingerprint density at radius 2 is 1.05 bits per heavy atom. The summed E-state index contributed by atoms with van der Waals surface area (Å²) < 4.78 is 7.53. The molecule has 2 nitrogen and oxygen atoms in total. The second-order valence-electron chi connectivity index (χ2n) is 14.7. The van der Waals surface area contributed by atoms with E-state index in [2.05, 4.69) is 210 Å². The van der Waals surface area contributed by atoms with E-state index in [1.165, 1.54) is 67.8 Å². The molecule has 4 heteroatoms. The number of hydrogen-bond acceptors (Lipinski definition) is 3. The Balaban J connectivity index is 1.04. The molecule has 274 valence electrons. The molecular weight excluding hydrogens is 741 g/mol. The molecule has 0 aliphatic heterocycles. The number of anilines is 2. The normalized spacial score (nSPS) is 11.9. The topological polar surface area (TPSA) is 8.17 Å². The lowest BCUT2D eigenvalue weighted by molar-refractivity contribution is 1.17. The molecule has 0 spiro atoms. The maximum Gasteiger partial charge on any atom is 0.0561 e. The molecule has 0 saturated carbocycles. The number of rotatable bonds is 8. The fraction of sp³-hybridized carbons (Fsp3) is 0. The molecule has 0 bridgehead atoms. The van der Waals surface area contributed by atoms with Crippen LogP contribution in [0.5, 0.6) is 0 Å². The molecule has 3 aromatic heterocycles. The van der Waals surface area contributed by atoms with Gasteiger partial charge < -0.3 is 9.47 Å². The molecule has 0 amide bonds. The summed E-state index contributed by atoms with van der Waals surface area (Å²) >= 11 is 3.68. The van der Waals surface area contributed by atoms with Gasteiger partial charge in [0.15, 0.2) is 0 Å². The summed E-state index contributed by atoms with van der Waals surface area (Å²) in [6.07, 6.45) is 4.23. The second kappa shape index (κ2) is 13.9. The number of allylic oxidation sites excluding steroid dienone is 3. The van der Waals surface area contributed by atoms with Crippen molar-refractivity contribution in [2.75, 3.05) is 4.90 Å². The number of thiophene rings is 2. The predicted octanol–water partition coefficient (Wildman–Crippen LogP) is 16.1. The van der Waals surface area contributed by atoms with E-state index in [4.69, 9.17) is 6.58 Å². The van der Waals surface area contributed by atoms with Gasteiger partial charge in [-0.3, -0.25) is 0 Å². The van der Waals surface area contributed by atoms with Crippen molar-refractivity contribution >= 4 is 102 Å². The van der Waals surface area contributed by atoms with Crippen molar-refractivity contribution in [1.82, 2.24) is 4.57 Å². The number of fused-ring (bicyclic) bond motifs is 9. The first kappa shape index (κ1) is 34.3. The third kappa shape index (κ3) is 5.60. The first-order chi connectivity index (χ1) is 28.6. The van der Waals surface area contributed by atoms with E-state index in [-0.39, 0.29) is 0 Å². The van der Waals surface area contributed by atoms with E-state index >= 15 is 0 Å². The third-order valence-corrected chi connectivity index (χ3v) is 13.6. The summed E-state index contributed by atoms with van der Waals surface area (Å²) in [6, 6.07) is 65.6. The summed E-state index contributed by atoms with van der Waals surface area (Å²) in [5.41, 5.74) is 10.8. The smallest absolute Gasteiger partial charge is 0.0561 e. The molecule has 0 atom stereocenters.